The van der Waals surface area contributed by atoms with Crippen molar-refractivity contribution in [1.82, 2.24) is 9.97 Å². The highest BCUT2D eigenvalue weighted by atomic mass is 35.5. The van der Waals surface area contributed by atoms with E-state index in [1.807, 2.05) is 13.8 Å². The molecule has 0 aliphatic rings. The molecule has 2 rings (SSSR count). The van der Waals surface area contributed by atoms with E-state index in [9.17, 15) is 4.79 Å². The van der Waals surface area contributed by atoms with Crippen molar-refractivity contribution in [2.24, 2.45) is 0 Å². The van der Waals surface area contributed by atoms with E-state index in [1.165, 1.54) is 11.8 Å². The number of rotatable bonds is 2. The van der Waals surface area contributed by atoms with Gasteiger partial charge in [-0.3, -0.25) is 4.98 Å². The molecule has 96 valence electrons. The van der Waals surface area contributed by atoms with Gasteiger partial charge in [-0.15, -0.1) is 12.4 Å². The number of anilines is 2. The monoisotopic (exact) mass is 265 g/mol. The molecule has 0 spiro atoms. The number of aryl methyl sites for hydroxylation is 3. The Balaban J connectivity index is 0.00000162. The van der Waals surface area contributed by atoms with Crippen LogP contribution in [0.2, 0.25) is 0 Å². The Kier molecular flexibility index (Phi) is 4.50. The number of H-pyrrole nitrogens is 1. The first-order valence-corrected chi connectivity index (χ1v) is 5.46. The molecule has 0 aliphatic carbocycles. The molecule has 0 saturated heterocycles. The van der Waals surface area contributed by atoms with E-state index in [0.717, 1.165) is 16.8 Å². The molecule has 0 saturated carbocycles. The first-order chi connectivity index (χ1) is 8.06. The van der Waals surface area contributed by atoms with Crippen molar-refractivity contribution >= 4 is 23.9 Å². The van der Waals surface area contributed by atoms with Crippen LogP contribution in [0.5, 0.6) is 0 Å². The molecular formula is C13H16ClN3O. The van der Waals surface area contributed by atoms with Gasteiger partial charge in [-0.25, -0.2) is 9.78 Å². The van der Waals surface area contributed by atoms with E-state index in [0.29, 0.717) is 5.82 Å². The molecule has 0 amide bonds. The molecule has 1 aromatic carbocycles. The van der Waals surface area contributed by atoms with Gasteiger partial charge in [0.1, 0.15) is 5.82 Å². The number of nitrogens with one attached hydrogen (secondary N) is 2. The zero-order valence-corrected chi connectivity index (χ0v) is 11.4. The maximum absolute atomic E-state index is 11.1. The van der Waals surface area contributed by atoms with Gasteiger partial charge < -0.3 is 5.32 Å². The minimum atomic E-state index is -0.350. The summed E-state index contributed by atoms with van der Waals surface area (Å²) in [6.45, 7) is 6.15. The van der Waals surface area contributed by atoms with Crippen LogP contribution in [0.25, 0.3) is 0 Å². The van der Waals surface area contributed by atoms with Gasteiger partial charge in [-0.1, -0.05) is 17.7 Å². The SMILES string of the molecule is Cc1cc(C)c(Nc2ccnc(=O)[nH]2)c(C)c1.Cl. The Bertz CT molecular complexity index is 584. The maximum atomic E-state index is 11.1. The largest absolute Gasteiger partial charge is 0.346 e. The van der Waals surface area contributed by atoms with E-state index in [-0.39, 0.29) is 18.1 Å². The van der Waals surface area contributed by atoms with Crippen molar-refractivity contribution in [3.05, 3.63) is 51.6 Å². The van der Waals surface area contributed by atoms with Gasteiger partial charge in [0, 0.05) is 11.9 Å². The molecule has 0 unspecified atom stereocenters. The molecule has 0 radical (unpaired) electrons. The van der Waals surface area contributed by atoms with Crippen LogP contribution in [0, 0.1) is 20.8 Å². The number of hydrogen-bond donors (Lipinski definition) is 2. The lowest BCUT2D eigenvalue weighted by Gasteiger charge is -2.13. The van der Waals surface area contributed by atoms with Gasteiger partial charge >= 0.3 is 5.69 Å². The molecule has 0 atom stereocenters. The highest BCUT2D eigenvalue weighted by molar-refractivity contribution is 5.85. The molecule has 18 heavy (non-hydrogen) atoms. The Morgan fingerprint density at radius 2 is 1.78 bits per heavy atom. The smallest absolute Gasteiger partial charge is 0.341 e. The highest BCUT2D eigenvalue weighted by Gasteiger charge is 2.04. The molecule has 1 heterocycles. The van der Waals surface area contributed by atoms with Crippen LogP contribution in [0.4, 0.5) is 11.5 Å². The van der Waals surface area contributed by atoms with E-state index in [2.05, 4.69) is 34.3 Å². The Hall–Kier alpha value is -1.81. The Morgan fingerprint density at radius 1 is 1.17 bits per heavy atom. The van der Waals surface area contributed by atoms with Crippen molar-refractivity contribution in [1.29, 1.82) is 0 Å². The van der Waals surface area contributed by atoms with E-state index >= 15 is 0 Å². The van der Waals surface area contributed by atoms with Gasteiger partial charge in [0.15, 0.2) is 0 Å². The topological polar surface area (TPSA) is 57.8 Å². The summed E-state index contributed by atoms with van der Waals surface area (Å²) in [7, 11) is 0. The number of hydrogen-bond acceptors (Lipinski definition) is 3. The lowest BCUT2D eigenvalue weighted by molar-refractivity contribution is 1.08. The summed E-state index contributed by atoms with van der Waals surface area (Å²) < 4.78 is 0. The average molecular weight is 266 g/mol. The highest BCUT2D eigenvalue weighted by Crippen LogP contribution is 2.24. The molecule has 2 N–H and O–H groups in total. The van der Waals surface area contributed by atoms with Crippen LogP contribution in [-0.2, 0) is 0 Å². The van der Waals surface area contributed by atoms with Crippen molar-refractivity contribution in [2.45, 2.75) is 20.8 Å². The summed E-state index contributed by atoms with van der Waals surface area (Å²) in [5.74, 6) is 0.653. The van der Waals surface area contributed by atoms with Crippen LogP contribution in [0.1, 0.15) is 16.7 Å². The lowest BCUT2D eigenvalue weighted by Crippen LogP contribution is -2.11. The molecule has 5 heteroatoms. The molecule has 4 nitrogen and oxygen atoms in total. The number of aromatic nitrogens is 2. The van der Waals surface area contributed by atoms with E-state index < -0.39 is 0 Å². The van der Waals surface area contributed by atoms with Crippen LogP contribution >= 0.6 is 12.4 Å². The Labute approximate surface area is 112 Å². The quantitative estimate of drug-likeness (QED) is 0.878. The normalized spacial score (nSPS) is 9.72. The fraction of sp³-hybridized carbons (Fsp3) is 0.231. The fourth-order valence-electron chi connectivity index (χ4n) is 1.95. The summed E-state index contributed by atoms with van der Waals surface area (Å²) in [4.78, 5) is 17.3. The summed E-state index contributed by atoms with van der Waals surface area (Å²) in [6, 6.07) is 5.95. The van der Waals surface area contributed by atoms with Crippen LogP contribution < -0.4 is 11.0 Å². The second-order valence-electron chi connectivity index (χ2n) is 4.19. The number of benzene rings is 1. The second kappa shape index (κ2) is 5.69. The Morgan fingerprint density at radius 3 is 2.33 bits per heavy atom. The first-order valence-electron chi connectivity index (χ1n) is 5.46. The predicted octanol–water partition coefficient (Wildman–Crippen LogP) is 2.86. The number of aromatic amines is 1. The van der Waals surface area contributed by atoms with Gasteiger partial charge in [0.2, 0.25) is 0 Å². The van der Waals surface area contributed by atoms with Crippen LogP contribution in [0.15, 0.2) is 29.2 Å². The molecule has 0 bridgehead atoms. The van der Waals surface area contributed by atoms with Crippen LogP contribution in [0.3, 0.4) is 0 Å². The molecule has 1 aromatic heterocycles. The molecule has 0 fully saturated rings. The first kappa shape index (κ1) is 14.3. The van der Waals surface area contributed by atoms with E-state index in [1.54, 1.807) is 6.07 Å². The van der Waals surface area contributed by atoms with Crippen LogP contribution in [-0.4, -0.2) is 9.97 Å². The minimum absolute atomic E-state index is 0. The number of halogens is 1. The lowest BCUT2D eigenvalue weighted by atomic mass is 10.1. The second-order valence-corrected chi connectivity index (χ2v) is 4.19. The standard InChI is InChI=1S/C13H15N3O.ClH/c1-8-6-9(2)12(10(3)7-8)15-11-4-5-14-13(17)16-11;/h4-7H,1-3H3,(H2,14,15,16,17);1H. The summed E-state index contributed by atoms with van der Waals surface area (Å²) in [5.41, 5.74) is 4.21. The van der Waals surface area contributed by atoms with Gasteiger partial charge in [0.05, 0.1) is 0 Å². The molecule has 2 aromatic rings. The van der Waals surface area contributed by atoms with Crippen molar-refractivity contribution < 1.29 is 0 Å². The van der Waals surface area contributed by atoms with Gasteiger partial charge in [-0.05, 0) is 38.0 Å². The number of nitrogens with zero attached hydrogens (tertiary/aromatic N) is 1. The average Bonchev–Trinajstić information content (AvgIpc) is 2.23. The third kappa shape index (κ3) is 3.11. The summed E-state index contributed by atoms with van der Waals surface area (Å²) in [5, 5.41) is 3.21. The van der Waals surface area contributed by atoms with Gasteiger partial charge in [-0.2, -0.15) is 0 Å². The van der Waals surface area contributed by atoms with Crippen molar-refractivity contribution in [3.63, 3.8) is 0 Å². The maximum Gasteiger partial charge on any atom is 0.346 e. The predicted molar refractivity (Wildman–Crippen MR) is 76.0 cm³/mol. The van der Waals surface area contributed by atoms with Crippen molar-refractivity contribution in [2.75, 3.05) is 5.32 Å². The van der Waals surface area contributed by atoms with Crippen molar-refractivity contribution in [3.8, 4) is 0 Å². The molecule has 0 aliphatic heterocycles. The van der Waals surface area contributed by atoms with Gasteiger partial charge in [0.25, 0.3) is 0 Å². The summed E-state index contributed by atoms with van der Waals surface area (Å²) >= 11 is 0. The third-order valence-electron chi connectivity index (χ3n) is 2.61. The fourth-order valence-corrected chi connectivity index (χ4v) is 1.95. The third-order valence-corrected chi connectivity index (χ3v) is 2.61. The minimum Gasteiger partial charge on any atom is -0.341 e. The summed E-state index contributed by atoms with van der Waals surface area (Å²) in [6.07, 6.45) is 1.49. The molecular weight excluding hydrogens is 250 g/mol. The van der Waals surface area contributed by atoms with E-state index in [4.69, 9.17) is 0 Å². The zero-order valence-electron chi connectivity index (χ0n) is 10.6. The zero-order chi connectivity index (χ0) is 12.4.